The Morgan fingerprint density at radius 1 is 1.00 bits per heavy atom. The minimum Gasteiger partial charge on any atom is -0.497 e. The van der Waals surface area contributed by atoms with Crippen molar-refractivity contribution in [2.24, 2.45) is 11.7 Å². The molecule has 2 rings (SSSR count). The van der Waals surface area contributed by atoms with E-state index in [1.165, 1.54) is 26.0 Å². The van der Waals surface area contributed by atoms with E-state index in [-0.39, 0.29) is 5.78 Å². The van der Waals surface area contributed by atoms with E-state index < -0.39 is 11.2 Å². The average molecular weight is 431 g/mol. The predicted molar refractivity (Wildman–Crippen MR) is 117 cm³/mol. The summed E-state index contributed by atoms with van der Waals surface area (Å²) >= 11 is 1.45. The Kier molecular flexibility index (Phi) is 8.84. The van der Waals surface area contributed by atoms with E-state index in [0.717, 1.165) is 5.56 Å². The normalized spacial score (nSPS) is 12.4. The molecule has 0 aliphatic carbocycles. The standard InChI is InChI=1S/C22H26N2O5S/c1-26-15-6-7-16(19(12-15)28-3)21(25)17(13-24)22(30-10-9-23)14-5-8-18(27-2)20(11-14)29-4/h5-8,11-12,17,22H,9-10,23H2,1-4H3. The topological polar surface area (TPSA) is 104 Å². The van der Waals surface area contributed by atoms with Crippen molar-refractivity contribution in [3.8, 4) is 29.1 Å². The monoisotopic (exact) mass is 430 g/mol. The third kappa shape index (κ3) is 5.17. The zero-order chi connectivity index (χ0) is 22.1. The van der Waals surface area contributed by atoms with Gasteiger partial charge >= 0.3 is 0 Å². The highest BCUT2D eigenvalue weighted by Crippen LogP contribution is 2.41. The average Bonchev–Trinajstić information content (AvgIpc) is 2.80. The van der Waals surface area contributed by atoms with Gasteiger partial charge < -0.3 is 24.7 Å². The molecule has 0 aliphatic heterocycles. The van der Waals surface area contributed by atoms with Gasteiger partial charge in [-0.3, -0.25) is 4.79 Å². The number of rotatable bonds is 11. The van der Waals surface area contributed by atoms with Crippen LogP contribution in [0.15, 0.2) is 36.4 Å². The highest BCUT2D eigenvalue weighted by Gasteiger charge is 2.33. The predicted octanol–water partition coefficient (Wildman–Crippen LogP) is 3.48. The van der Waals surface area contributed by atoms with Crippen molar-refractivity contribution in [2.75, 3.05) is 40.7 Å². The summed E-state index contributed by atoms with van der Waals surface area (Å²) in [6, 6.07) is 12.5. The summed E-state index contributed by atoms with van der Waals surface area (Å²) in [4.78, 5) is 13.4. The van der Waals surface area contributed by atoms with Crippen LogP contribution in [0.3, 0.4) is 0 Å². The first-order chi connectivity index (χ1) is 14.5. The molecule has 0 saturated heterocycles. The van der Waals surface area contributed by atoms with E-state index in [0.29, 0.717) is 40.9 Å². The molecule has 0 radical (unpaired) electrons. The molecule has 0 bridgehead atoms. The molecule has 2 atom stereocenters. The number of hydrogen-bond donors (Lipinski definition) is 1. The minimum absolute atomic E-state index is 0.323. The maximum atomic E-state index is 13.4. The zero-order valence-corrected chi connectivity index (χ0v) is 18.3. The second-order valence-corrected chi connectivity index (χ2v) is 7.48. The minimum atomic E-state index is -0.957. The van der Waals surface area contributed by atoms with Crippen LogP contribution in [0.25, 0.3) is 0 Å². The molecule has 160 valence electrons. The molecule has 2 N–H and O–H groups in total. The number of Topliss-reactive ketones (excluding diaryl/α,β-unsaturated/α-hetero) is 1. The van der Waals surface area contributed by atoms with Gasteiger partial charge in [-0.1, -0.05) is 6.07 Å². The second kappa shape index (κ2) is 11.3. The number of ether oxygens (including phenoxy) is 4. The number of nitrogens with two attached hydrogens (primary N) is 1. The van der Waals surface area contributed by atoms with Crippen molar-refractivity contribution >= 4 is 17.5 Å². The van der Waals surface area contributed by atoms with Gasteiger partial charge in [0.1, 0.15) is 17.4 Å². The third-order valence-electron chi connectivity index (χ3n) is 4.55. The van der Waals surface area contributed by atoms with E-state index in [4.69, 9.17) is 24.7 Å². The number of thioether (sulfide) groups is 1. The smallest absolute Gasteiger partial charge is 0.185 e. The number of nitriles is 1. The number of ketones is 1. The van der Waals surface area contributed by atoms with Crippen LogP contribution in [0.5, 0.6) is 23.0 Å². The molecule has 0 fully saturated rings. The Bertz CT molecular complexity index is 913. The Labute approximate surface area is 181 Å². The molecule has 0 aliphatic rings. The lowest BCUT2D eigenvalue weighted by atomic mass is 9.91. The molecular formula is C22H26N2O5S. The number of nitrogens with zero attached hydrogens (tertiary/aromatic N) is 1. The Hall–Kier alpha value is -2.89. The van der Waals surface area contributed by atoms with Crippen LogP contribution < -0.4 is 24.7 Å². The van der Waals surface area contributed by atoms with Crippen molar-refractivity contribution in [1.82, 2.24) is 0 Å². The van der Waals surface area contributed by atoms with Gasteiger partial charge in [-0.2, -0.15) is 17.0 Å². The summed E-state index contributed by atoms with van der Waals surface area (Å²) < 4.78 is 21.2. The van der Waals surface area contributed by atoms with E-state index in [1.54, 1.807) is 44.6 Å². The lowest BCUT2D eigenvalue weighted by Gasteiger charge is -2.23. The van der Waals surface area contributed by atoms with E-state index in [9.17, 15) is 10.1 Å². The van der Waals surface area contributed by atoms with E-state index >= 15 is 0 Å². The van der Waals surface area contributed by atoms with Crippen LogP contribution in [0.2, 0.25) is 0 Å². The molecule has 8 heteroatoms. The number of methoxy groups -OCH3 is 4. The van der Waals surface area contributed by atoms with Crippen LogP contribution in [-0.2, 0) is 0 Å². The highest BCUT2D eigenvalue weighted by molar-refractivity contribution is 7.99. The first-order valence-corrected chi connectivity index (χ1v) is 10.3. The summed E-state index contributed by atoms with van der Waals surface area (Å²) in [5.74, 6) is 1.31. The van der Waals surface area contributed by atoms with E-state index in [1.807, 2.05) is 6.07 Å². The van der Waals surface area contributed by atoms with Gasteiger partial charge in [-0.15, -0.1) is 0 Å². The fourth-order valence-electron chi connectivity index (χ4n) is 3.04. The molecule has 0 heterocycles. The molecule has 2 aromatic rings. The summed E-state index contributed by atoms with van der Waals surface area (Å²) in [6.07, 6.45) is 0. The van der Waals surface area contributed by atoms with Crippen LogP contribution in [0.1, 0.15) is 21.2 Å². The molecule has 0 aromatic heterocycles. The molecule has 2 aromatic carbocycles. The molecule has 2 unspecified atom stereocenters. The molecule has 7 nitrogen and oxygen atoms in total. The molecule has 0 spiro atoms. The Morgan fingerprint density at radius 3 is 2.27 bits per heavy atom. The van der Waals surface area contributed by atoms with Gasteiger partial charge in [0.05, 0.1) is 45.3 Å². The zero-order valence-electron chi connectivity index (χ0n) is 17.5. The third-order valence-corrected chi connectivity index (χ3v) is 5.92. The van der Waals surface area contributed by atoms with Gasteiger partial charge in [0.2, 0.25) is 0 Å². The Morgan fingerprint density at radius 2 is 1.70 bits per heavy atom. The largest absolute Gasteiger partial charge is 0.497 e. The first kappa shape index (κ1) is 23.4. The lowest BCUT2D eigenvalue weighted by Crippen LogP contribution is -2.21. The fourth-order valence-corrected chi connectivity index (χ4v) is 4.15. The van der Waals surface area contributed by atoms with Crippen LogP contribution in [0.4, 0.5) is 0 Å². The van der Waals surface area contributed by atoms with Crippen LogP contribution >= 0.6 is 11.8 Å². The van der Waals surface area contributed by atoms with Gasteiger partial charge in [0, 0.05) is 18.4 Å². The maximum Gasteiger partial charge on any atom is 0.185 e. The van der Waals surface area contributed by atoms with Crippen molar-refractivity contribution < 1.29 is 23.7 Å². The van der Waals surface area contributed by atoms with Crippen LogP contribution in [0, 0.1) is 17.2 Å². The number of carbonyl (C=O) groups excluding carboxylic acids is 1. The lowest BCUT2D eigenvalue weighted by molar-refractivity contribution is 0.0944. The number of carbonyl (C=O) groups is 1. The molecule has 0 saturated carbocycles. The highest BCUT2D eigenvalue weighted by atomic mass is 32.2. The van der Waals surface area contributed by atoms with Crippen molar-refractivity contribution in [3.05, 3.63) is 47.5 Å². The van der Waals surface area contributed by atoms with Gasteiger partial charge in [-0.05, 0) is 29.8 Å². The summed E-state index contributed by atoms with van der Waals surface area (Å²) in [5, 5.41) is 9.50. The summed E-state index contributed by atoms with van der Waals surface area (Å²) in [5.41, 5.74) is 6.79. The van der Waals surface area contributed by atoms with Crippen molar-refractivity contribution in [2.45, 2.75) is 5.25 Å². The van der Waals surface area contributed by atoms with Crippen molar-refractivity contribution in [3.63, 3.8) is 0 Å². The number of benzene rings is 2. The fraction of sp³-hybridized carbons (Fsp3) is 0.364. The second-order valence-electron chi connectivity index (χ2n) is 6.23. The van der Waals surface area contributed by atoms with Crippen molar-refractivity contribution in [1.29, 1.82) is 5.26 Å². The van der Waals surface area contributed by atoms with E-state index in [2.05, 4.69) is 6.07 Å². The van der Waals surface area contributed by atoms with Gasteiger partial charge in [0.15, 0.2) is 17.3 Å². The molecule has 30 heavy (non-hydrogen) atoms. The Balaban J connectivity index is 2.49. The summed E-state index contributed by atoms with van der Waals surface area (Å²) in [7, 11) is 6.10. The quantitative estimate of drug-likeness (QED) is 0.541. The van der Waals surface area contributed by atoms with Gasteiger partial charge in [0.25, 0.3) is 0 Å². The van der Waals surface area contributed by atoms with Crippen LogP contribution in [-0.4, -0.2) is 46.5 Å². The number of hydrogen-bond acceptors (Lipinski definition) is 8. The first-order valence-electron chi connectivity index (χ1n) is 9.24. The molecule has 0 amide bonds. The van der Waals surface area contributed by atoms with Gasteiger partial charge in [-0.25, -0.2) is 0 Å². The molecular weight excluding hydrogens is 404 g/mol. The maximum absolute atomic E-state index is 13.4. The summed E-state index contributed by atoms with van der Waals surface area (Å²) in [6.45, 7) is 0.423. The SMILES string of the molecule is COc1ccc(C(=O)C(C#N)C(SCCN)c2ccc(OC)c(OC)c2)c(OC)c1.